The van der Waals surface area contributed by atoms with Crippen molar-refractivity contribution < 1.29 is 47.6 Å². The van der Waals surface area contributed by atoms with E-state index in [1.807, 2.05) is 57.2 Å². The summed E-state index contributed by atoms with van der Waals surface area (Å²) in [4.78, 5) is 46.0. The lowest BCUT2D eigenvalue weighted by atomic mass is 9.78. The number of benzene rings is 1. The zero-order chi connectivity index (χ0) is 45.7. The molecule has 0 spiro atoms. The third-order valence-corrected chi connectivity index (χ3v) is 13.1. The Bertz CT molecular complexity index is 1860. The number of ketones is 1. The maximum atomic E-state index is 17.1. The summed E-state index contributed by atoms with van der Waals surface area (Å²) in [6, 6.07) is 5.94. The predicted octanol–water partition coefficient (Wildman–Crippen LogP) is 5.57. The Balaban J connectivity index is 0.00000871. The number of alkyl halides is 1. The highest BCUT2D eigenvalue weighted by molar-refractivity contribution is 6.07. The van der Waals surface area contributed by atoms with Crippen molar-refractivity contribution in [2.75, 3.05) is 40.0 Å². The first kappa shape index (κ1) is 51.6. The Morgan fingerprint density at radius 2 is 1.84 bits per heavy atom. The summed E-state index contributed by atoms with van der Waals surface area (Å²) in [5.74, 6) is -3.93. The quantitative estimate of drug-likeness (QED) is 0.0744. The van der Waals surface area contributed by atoms with Crippen LogP contribution < -0.4 is 11.1 Å². The van der Waals surface area contributed by atoms with Gasteiger partial charge in [-0.3, -0.25) is 14.4 Å². The zero-order valence-corrected chi connectivity index (χ0v) is 38.2. The number of nitrogens with one attached hydrogen (secondary N) is 1. The number of carbonyl (C=O) groups is 3. The van der Waals surface area contributed by atoms with E-state index in [-0.39, 0.29) is 31.9 Å². The average Bonchev–Trinajstić information content (AvgIpc) is 3.80. The maximum Gasteiger partial charge on any atom is 0.410 e. The van der Waals surface area contributed by atoms with Gasteiger partial charge in [0.15, 0.2) is 17.7 Å². The number of ether oxygens (including phenoxy) is 5. The SMILES string of the molecule is C.C=CC[C@H]1NC[C@H](C)C[C@@](C)(OC)[C@H](O[C@@H]2OC(C)CC(N(C)C)C2O)[C@@H](C)C(=O)[C@](C)(F)C(=O)O[C@H](CC)[C@@]2(C)OC(=O)N(CCCCn3cc(-c4cccc(N)c4)nn3)[C@H]12. The molecular formula is C46H74FN7O9. The number of halogens is 1. The van der Waals surface area contributed by atoms with Crippen LogP contribution in [0.2, 0.25) is 0 Å². The number of esters is 1. The molecular weight excluding hydrogens is 814 g/mol. The number of aryl methyl sites for hydroxylation is 1. The molecule has 17 heteroatoms. The lowest BCUT2D eigenvalue weighted by Crippen LogP contribution is -2.62. The fourth-order valence-corrected chi connectivity index (χ4v) is 9.66. The van der Waals surface area contributed by atoms with E-state index in [1.165, 1.54) is 14.0 Å². The van der Waals surface area contributed by atoms with E-state index < -0.39 is 77.3 Å². The number of carbonyl (C=O) groups excluding carboxylic acids is 3. The summed E-state index contributed by atoms with van der Waals surface area (Å²) < 4.78 is 49.9. The molecule has 3 aliphatic heterocycles. The van der Waals surface area contributed by atoms with E-state index >= 15 is 4.39 Å². The van der Waals surface area contributed by atoms with Gasteiger partial charge in [0.1, 0.15) is 17.9 Å². The zero-order valence-electron chi connectivity index (χ0n) is 38.2. The standard InChI is InChI=1S/C45H70FN7O9.CH4/c1-12-17-32-37-45(8,62-42(57)53(37)21-15-14-20-52-26-33(49-50-52)30-18-16-19-31(47)23-30)35(13-2)60-41(56)44(7,46)38(55)29(5)39(43(6,58-11)24-27(3)25-48-32)61-40-36(54)34(51(9)10)22-28(4)59-40;/h12,16,18-19,23,26-29,32,34-37,39-40,48,54H,1,13-15,17,20-22,24-25,47H2,2-11H3;1H4/t27-,28?,29+,32-,34?,35-,36?,37-,39-,40+,43-,44+,45-;/m1./s1. The number of likely N-dealkylation sites (N-methyl/N-ethyl adjacent to an activating group) is 1. The van der Waals surface area contributed by atoms with Crippen molar-refractivity contribution in [3.05, 3.63) is 43.1 Å². The van der Waals surface area contributed by atoms with Gasteiger partial charge in [-0.1, -0.05) is 51.6 Å². The molecule has 63 heavy (non-hydrogen) atoms. The van der Waals surface area contributed by atoms with Gasteiger partial charge in [-0.15, -0.1) is 11.7 Å². The third-order valence-electron chi connectivity index (χ3n) is 13.1. The third kappa shape index (κ3) is 11.3. The number of Topliss-reactive ketones (excluding diaryl/α,β-unsaturated/α-hetero) is 1. The van der Waals surface area contributed by atoms with Crippen LogP contribution in [0.5, 0.6) is 0 Å². The number of nitrogens with two attached hydrogens (primary N) is 1. The topological polar surface area (TPSA) is 193 Å². The van der Waals surface area contributed by atoms with Crippen molar-refractivity contribution in [1.82, 2.24) is 30.1 Å². The lowest BCUT2D eigenvalue weighted by molar-refractivity contribution is -0.295. The number of anilines is 1. The molecule has 0 bridgehead atoms. The number of aliphatic hydroxyl groups is 1. The van der Waals surface area contributed by atoms with Crippen LogP contribution in [0.25, 0.3) is 11.3 Å². The van der Waals surface area contributed by atoms with Crippen LogP contribution in [-0.4, -0.2) is 148 Å². The normalized spacial score (nSPS) is 35.8. The number of aromatic nitrogens is 3. The molecule has 0 saturated carbocycles. The number of amides is 1. The van der Waals surface area contributed by atoms with Crippen molar-refractivity contribution in [2.45, 2.75) is 167 Å². The molecule has 1 aromatic heterocycles. The summed E-state index contributed by atoms with van der Waals surface area (Å²) in [7, 11) is 5.20. The van der Waals surface area contributed by atoms with Gasteiger partial charge in [-0.2, -0.15) is 0 Å². The molecule has 0 radical (unpaired) electrons. The average molecular weight is 888 g/mol. The van der Waals surface area contributed by atoms with E-state index in [0.717, 1.165) is 12.5 Å². The van der Waals surface area contributed by atoms with Crippen molar-refractivity contribution in [3.8, 4) is 11.3 Å². The molecule has 0 aliphatic carbocycles. The summed E-state index contributed by atoms with van der Waals surface area (Å²) in [6.45, 7) is 16.8. The van der Waals surface area contributed by atoms with Crippen molar-refractivity contribution in [3.63, 3.8) is 0 Å². The Morgan fingerprint density at radius 3 is 2.48 bits per heavy atom. The van der Waals surface area contributed by atoms with Crippen LogP contribution in [0.15, 0.2) is 43.1 Å². The highest BCUT2D eigenvalue weighted by atomic mass is 19.1. The number of rotatable bonds is 13. The number of nitrogens with zero attached hydrogens (tertiary/aromatic N) is 5. The number of hydrogen-bond donors (Lipinski definition) is 3. The van der Waals surface area contributed by atoms with Gasteiger partial charge in [-0.25, -0.2) is 14.0 Å². The van der Waals surface area contributed by atoms with Crippen LogP contribution in [0.3, 0.4) is 0 Å². The Hall–Kier alpha value is -4.00. The molecule has 2 aromatic rings. The summed E-state index contributed by atoms with van der Waals surface area (Å²) >= 11 is 0. The number of aliphatic hydroxyl groups excluding tert-OH is 1. The summed E-state index contributed by atoms with van der Waals surface area (Å²) in [6.07, 6.45) is 0.719. The monoisotopic (exact) mass is 888 g/mol. The van der Waals surface area contributed by atoms with Gasteiger partial charge in [-0.05, 0) is 105 Å². The Morgan fingerprint density at radius 1 is 1.14 bits per heavy atom. The smallest absolute Gasteiger partial charge is 0.410 e. The number of nitrogen functional groups attached to an aromatic ring is 1. The highest BCUT2D eigenvalue weighted by Gasteiger charge is 2.60. The lowest BCUT2D eigenvalue weighted by Gasteiger charge is -2.47. The Labute approximate surface area is 373 Å². The minimum Gasteiger partial charge on any atom is -0.455 e. The molecule has 16 nitrogen and oxygen atoms in total. The second kappa shape index (κ2) is 21.3. The van der Waals surface area contributed by atoms with E-state index in [2.05, 4.69) is 22.2 Å². The van der Waals surface area contributed by atoms with Crippen LogP contribution in [0.4, 0.5) is 14.9 Å². The summed E-state index contributed by atoms with van der Waals surface area (Å²) in [5.41, 5.74) is 2.28. The van der Waals surface area contributed by atoms with Gasteiger partial charge in [0, 0.05) is 49.5 Å². The number of cyclic esters (lactones) is 1. The van der Waals surface area contributed by atoms with Gasteiger partial charge in [0.2, 0.25) is 0 Å². The fraction of sp³-hybridized carbons (Fsp3) is 0.717. The molecule has 1 amide bonds. The second-order valence-electron chi connectivity index (χ2n) is 18.3. The number of hydrogen-bond acceptors (Lipinski definition) is 14. The van der Waals surface area contributed by atoms with Gasteiger partial charge in [0.05, 0.1) is 30.0 Å². The van der Waals surface area contributed by atoms with Gasteiger partial charge < -0.3 is 44.7 Å². The van der Waals surface area contributed by atoms with Gasteiger partial charge in [0.25, 0.3) is 5.67 Å². The van der Waals surface area contributed by atoms with Crippen LogP contribution in [0, 0.1) is 11.8 Å². The minimum absolute atomic E-state index is 0. The first-order valence-electron chi connectivity index (χ1n) is 21.9. The number of methoxy groups -OCH3 is 1. The number of fused-ring (bicyclic) bond motifs is 1. The van der Waals surface area contributed by atoms with Crippen LogP contribution >= 0.6 is 0 Å². The molecule has 3 fully saturated rings. The number of unbranched alkanes of at least 4 members (excludes halogenated alkanes) is 1. The maximum absolute atomic E-state index is 17.1. The molecule has 13 atom stereocenters. The predicted molar refractivity (Wildman–Crippen MR) is 238 cm³/mol. The first-order chi connectivity index (χ1) is 29.2. The Kier molecular flexibility index (Phi) is 17.5. The van der Waals surface area contributed by atoms with E-state index in [0.29, 0.717) is 63.1 Å². The molecule has 3 saturated heterocycles. The molecule has 5 rings (SSSR count). The molecule has 3 unspecified atom stereocenters. The molecule has 354 valence electrons. The fourth-order valence-electron chi connectivity index (χ4n) is 9.66. The summed E-state index contributed by atoms with van der Waals surface area (Å²) in [5, 5.41) is 23.7. The van der Waals surface area contributed by atoms with E-state index in [1.54, 1.807) is 42.5 Å². The molecule has 1 aromatic carbocycles. The van der Waals surface area contributed by atoms with Crippen molar-refractivity contribution in [2.24, 2.45) is 11.8 Å². The van der Waals surface area contributed by atoms with E-state index in [4.69, 9.17) is 29.4 Å². The highest BCUT2D eigenvalue weighted by Crippen LogP contribution is 2.41. The largest absolute Gasteiger partial charge is 0.455 e. The van der Waals surface area contributed by atoms with Crippen LogP contribution in [-0.2, 0) is 39.8 Å². The first-order valence-corrected chi connectivity index (χ1v) is 21.9. The van der Waals surface area contributed by atoms with Crippen LogP contribution in [0.1, 0.15) is 94.4 Å². The minimum atomic E-state index is -3.15. The van der Waals surface area contributed by atoms with E-state index in [9.17, 15) is 19.5 Å². The van der Waals surface area contributed by atoms with Crippen molar-refractivity contribution >= 4 is 23.5 Å². The second-order valence-corrected chi connectivity index (χ2v) is 18.3. The molecule has 4 heterocycles. The van der Waals surface area contributed by atoms with Gasteiger partial charge >= 0.3 is 12.1 Å². The van der Waals surface area contributed by atoms with Crippen molar-refractivity contribution in [1.29, 1.82) is 0 Å². The molecule has 3 aliphatic rings. The molecule has 4 N–H and O–H groups in total.